The Morgan fingerprint density at radius 3 is 1.36 bits per heavy atom. The van der Waals surface area contributed by atoms with Crippen LogP contribution in [0.4, 0.5) is 0 Å². The molecular formula is C10H10Zn. The van der Waals surface area contributed by atoms with E-state index in [1.54, 1.807) is 0 Å². The van der Waals surface area contributed by atoms with Gasteiger partial charge < -0.3 is 0 Å². The van der Waals surface area contributed by atoms with Crippen molar-refractivity contribution in [1.29, 1.82) is 0 Å². The van der Waals surface area contributed by atoms with Gasteiger partial charge in [-0.1, -0.05) is 0 Å². The van der Waals surface area contributed by atoms with Crippen LogP contribution in [-0.4, -0.2) is 0 Å². The van der Waals surface area contributed by atoms with Gasteiger partial charge in [-0.2, -0.15) is 0 Å². The summed E-state index contributed by atoms with van der Waals surface area (Å²) < 4.78 is 1.72. The molecule has 0 aromatic carbocycles. The molecule has 0 aromatic rings. The third-order valence-corrected chi connectivity index (χ3v) is 6.77. The predicted octanol–water partition coefficient (Wildman–Crippen LogP) is 2.90. The first-order chi connectivity index (χ1) is 5.45. The van der Waals surface area contributed by atoms with Crippen molar-refractivity contribution >= 4 is 0 Å². The van der Waals surface area contributed by atoms with E-state index < -0.39 is 17.1 Å². The number of hydrogen-bond donors (Lipinski definition) is 0. The molecule has 52 valence electrons. The van der Waals surface area contributed by atoms with Crippen molar-refractivity contribution in [3.8, 4) is 0 Å². The van der Waals surface area contributed by atoms with E-state index in [-0.39, 0.29) is 0 Å². The van der Waals surface area contributed by atoms with E-state index in [4.69, 9.17) is 0 Å². The van der Waals surface area contributed by atoms with Crippen LogP contribution >= 0.6 is 0 Å². The summed E-state index contributed by atoms with van der Waals surface area (Å²) >= 11 is -0.410. The van der Waals surface area contributed by atoms with Crippen LogP contribution in [0.3, 0.4) is 0 Å². The summed E-state index contributed by atoms with van der Waals surface area (Å²) in [5.41, 5.74) is 0. The van der Waals surface area contributed by atoms with Crippen LogP contribution in [0.2, 0.25) is 9.02 Å². The Balaban J connectivity index is 1.90. The van der Waals surface area contributed by atoms with E-state index in [1.807, 2.05) is 0 Å². The van der Waals surface area contributed by atoms with Crippen molar-refractivity contribution in [3.05, 3.63) is 48.6 Å². The van der Waals surface area contributed by atoms with Crippen molar-refractivity contribution in [2.45, 2.75) is 9.02 Å². The van der Waals surface area contributed by atoms with Crippen molar-refractivity contribution in [1.82, 2.24) is 0 Å². The Kier molecular flexibility index (Phi) is 2.19. The van der Waals surface area contributed by atoms with E-state index in [0.29, 0.717) is 0 Å². The summed E-state index contributed by atoms with van der Waals surface area (Å²) in [7, 11) is 0. The van der Waals surface area contributed by atoms with Gasteiger partial charge >= 0.3 is 74.8 Å². The molecule has 2 aliphatic rings. The van der Waals surface area contributed by atoms with Gasteiger partial charge in [0.05, 0.1) is 0 Å². The van der Waals surface area contributed by atoms with Crippen molar-refractivity contribution < 1.29 is 17.1 Å². The average molecular weight is 196 g/mol. The minimum atomic E-state index is -0.410. The predicted molar refractivity (Wildman–Crippen MR) is 44.1 cm³/mol. The second-order valence-corrected chi connectivity index (χ2v) is 8.05. The van der Waals surface area contributed by atoms with Gasteiger partial charge in [-0.05, 0) is 0 Å². The topological polar surface area (TPSA) is 0 Å². The SMILES string of the molecule is C1=C[CH]([Zn][CH]2C=CC=C2)C=C1. The molecule has 0 unspecified atom stereocenters. The molecule has 0 saturated carbocycles. The van der Waals surface area contributed by atoms with Gasteiger partial charge in [0, 0.05) is 0 Å². The number of allylic oxidation sites excluding steroid dienone is 8. The summed E-state index contributed by atoms with van der Waals surface area (Å²) in [5, 5.41) is 0. The number of rotatable bonds is 2. The summed E-state index contributed by atoms with van der Waals surface area (Å²) in [5.74, 6) is 0. The summed E-state index contributed by atoms with van der Waals surface area (Å²) in [4.78, 5) is 0. The first-order valence-corrected chi connectivity index (χ1v) is 7.58. The van der Waals surface area contributed by atoms with E-state index >= 15 is 0 Å². The Hall–Kier alpha value is -0.417. The van der Waals surface area contributed by atoms with Crippen LogP contribution in [0, 0.1) is 0 Å². The Morgan fingerprint density at radius 1 is 0.636 bits per heavy atom. The Bertz CT molecular complexity index is 196. The van der Waals surface area contributed by atoms with Crippen LogP contribution in [0.15, 0.2) is 48.6 Å². The molecule has 2 aliphatic carbocycles. The van der Waals surface area contributed by atoms with Crippen LogP contribution in [-0.2, 0) is 17.1 Å². The normalized spacial score (nSPS) is 21.8. The zero-order chi connectivity index (χ0) is 7.52. The minimum absolute atomic E-state index is 0.410. The molecule has 0 heterocycles. The quantitative estimate of drug-likeness (QED) is 0.595. The second-order valence-electron chi connectivity index (χ2n) is 3.10. The van der Waals surface area contributed by atoms with Gasteiger partial charge in [-0.3, -0.25) is 0 Å². The standard InChI is InChI=1S/2C5H5.Zn/c2*1-2-4-5-3-1;/h2*1-5H;. The van der Waals surface area contributed by atoms with E-state index in [0.717, 1.165) is 9.02 Å². The summed E-state index contributed by atoms with van der Waals surface area (Å²) in [6.07, 6.45) is 18.1. The molecule has 0 atom stereocenters. The van der Waals surface area contributed by atoms with E-state index in [1.165, 1.54) is 0 Å². The molecule has 11 heavy (non-hydrogen) atoms. The fraction of sp³-hybridized carbons (Fsp3) is 0.200. The zero-order valence-corrected chi connectivity index (χ0v) is 9.45. The molecule has 0 aliphatic heterocycles. The van der Waals surface area contributed by atoms with Crippen LogP contribution in [0.1, 0.15) is 0 Å². The molecule has 0 nitrogen and oxygen atoms in total. The van der Waals surface area contributed by atoms with Crippen molar-refractivity contribution in [3.63, 3.8) is 0 Å². The molecule has 0 bridgehead atoms. The molecule has 2 rings (SSSR count). The monoisotopic (exact) mass is 194 g/mol. The molecule has 0 amide bonds. The van der Waals surface area contributed by atoms with Crippen LogP contribution < -0.4 is 0 Å². The molecule has 0 N–H and O–H groups in total. The maximum absolute atomic E-state index is 2.35. The first kappa shape index (κ1) is 7.24. The fourth-order valence-electron chi connectivity index (χ4n) is 1.58. The third kappa shape index (κ3) is 1.78. The van der Waals surface area contributed by atoms with Gasteiger partial charge in [0.15, 0.2) is 0 Å². The van der Waals surface area contributed by atoms with Crippen molar-refractivity contribution in [2.24, 2.45) is 0 Å². The Labute approximate surface area is 75.0 Å². The van der Waals surface area contributed by atoms with Gasteiger partial charge in [0.2, 0.25) is 0 Å². The van der Waals surface area contributed by atoms with E-state index in [9.17, 15) is 0 Å². The fourth-order valence-corrected chi connectivity index (χ4v) is 5.54. The van der Waals surface area contributed by atoms with Gasteiger partial charge in [0.25, 0.3) is 0 Å². The molecule has 0 saturated heterocycles. The van der Waals surface area contributed by atoms with Gasteiger partial charge in [0.1, 0.15) is 0 Å². The first-order valence-electron chi connectivity index (χ1n) is 4.15. The van der Waals surface area contributed by atoms with Crippen LogP contribution in [0.5, 0.6) is 0 Å². The Morgan fingerprint density at radius 2 is 1.00 bits per heavy atom. The second kappa shape index (κ2) is 3.32. The maximum atomic E-state index is 2.35. The van der Waals surface area contributed by atoms with Crippen molar-refractivity contribution in [2.75, 3.05) is 0 Å². The van der Waals surface area contributed by atoms with Gasteiger partial charge in [-0.25, -0.2) is 0 Å². The molecule has 0 aromatic heterocycles. The average Bonchev–Trinajstić information content (AvgIpc) is 2.60. The summed E-state index contributed by atoms with van der Waals surface area (Å²) in [6.45, 7) is 0. The van der Waals surface area contributed by atoms with E-state index in [2.05, 4.69) is 48.6 Å². The third-order valence-electron chi connectivity index (χ3n) is 2.20. The zero-order valence-electron chi connectivity index (χ0n) is 6.48. The number of hydrogen-bond acceptors (Lipinski definition) is 0. The molecule has 0 spiro atoms. The molecule has 1 heteroatoms. The van der Waals surface area contributed by atoms with Crippen LogP contribution in [0.25, 0.3) is 0 Å². The summed E-state index contributed by atoms with van der Waals surface area (Å²) in [6, 6.07) is 0. The molecular weight excluding hydrogens is 185 g/mol. The van der Waals surface area contributed by atoms with Gasteiger partial charge in [-0.15, -0.1) is 0 Å². The molecule has 0 fully saturated rings. The molecule has 0 radical (unpaired) electrons.